The molecule has 1 heterocycles. The molecule has 90 valence electrons. The molecule has 0 radical (unpaired) electrons. The van der Waals surface area contributed by atoms with E-state index in [1.807, 2.05) is 25.3 Å². The van der Waals surface area contributed by atoms with E-state index in [2.05, 4.69) is 5.10 Å². The van der Waals surface area contributed by atoms with Crippen LogP contribution in [0.15, 0.2) is 30.6 Å². The van der Waals surface area contributed by atoms with Gasteiger partial charge < -0.3 is 10.5 Å². The Hall–Kier alpha value is -1.68. The predicted molar refractivity (Wildman–Crippen MR) is 68.4 cm³/mol. The van der Waals surface area contributed by atoms with E-state index in [0.29, 0.717) is 23.9 Å². The van der Waals surface area contributed by atoms with E-state index < -0.39 is 0 Å². The van der Waals surface area contributed by atoms with Crippen LogP contribution in [-0.2, 0) is 6.54 Å². The summed E-state index contributed by atoms with van der Waals surface area (Å²) in [5, 5.41) is 4.84. The first kappa shape index (κ1) is 11.8. The van der Waals surface area contributed by atoms with Crippen molar-refractivity contribution in [2.24, 2.45) is 0 Å². The van der Waals surface area contributed by atoms with Gasteiger partial charge >= 0.3 is 0 Å². The molecule has 1 aromatic carbocycles. The van der Waals surface area contributed by atoms with Crippen LogP contribution in [0.25, 0.3) is 0 Å². The van der Waals surface area contributed by atoms with Gasteiger partial charge in [-0.2, -0.15) is 5.10 Å². The first-order chi connectivity index (χ1) is 8.19. The van der Waals surface area contributed by atoms with Gasteiger partial charge in [0, 0.05) is 10.7 Å². The second kappa shape index (κ2) is 5.10. The monoisotopic (exact) mass is 251 g/mol. The van der Waals surface area contributed by atoms with E-state index in [0.717, 1.165) is 11.3 Å². The Balaban J connectivity index is 2.13. The average molecular weight is 252 g/mol. The molecule has 0 amide bonds. The van der Waals surface area contributed by atoms with E-state index in [9.17, 15) is 0 Å². The lowest BCUT2D eigenvalue weighted by Crippen LogP contribution is -2.03. The lowest BCUT2D eigenvalue weighted by molar-refractivity contribution is 0.340. The first-order valence-corrected chi connectivity index (χ1v) is 5.76. The number of ether oxygens (including phenoxy) is 1. The second-order valence-corrected chi connectivity index (χ2v) is 4.09. The Labute approximate surface area is 105 Å². The topological polar surface area (TPSA) is 53.1 Å². The Kier molecular flexibility index (Phi) is 3.54. The van der Waals surface area contributed by atoms with Crippen molar-refractivity contribution in [3.8, 4) is 5.75 Å². The van der Waals surface area contributed by atoms with Gasteiger partial charge in [0.2, 0.25) is 0 Å². The molecule has 1 aromatic heterocycles. The van der Waals surface area contributed by atoms with Crippen molar-refractivity contribution in [2.75, 3.05) is 12.3 Å². The molecule has 0 aliphatic heterocycles. The highest BCUT2D eigenvalue weighted by molar-refractivity contribution is 6.30. The van der Waals surface area contributed by atoms with Crippen molar-refractivity contribution < 1.29 is 4.74 Å². The summed E-state index contributed by atoms with van der Waals surface area (Å²) in [7, 11) is 0. The minimum absolute atomic E-state index is 0.607. The van der Waals surface area contributed by atoms with Crippen LogP contribution in [0, 0.1) is 0 Å². The molecule has 2 N–H and O–H groups in total. The molecule has 0 unspecified atom stereocenters. The minimum atomic E-state index is 0.607. The molecule has 0 bridgehead atoms. The number of hydrogen-bond donors (Lipinski definition) is 1. The van der Waals surface area contributed by atoms with Crippen LogP contribution >= 0.6 is 11.6 Å². The summed E-state index contributed by atoms with van der Waals surface area (Å²) in [6, 6.07) is 5.46. The largest absolute Gasteiger partial charge is 0.491 e. The van der Waals surface area contributed by atoms with Gasteiger partial charge in [0.05, 0.1) is 25.5 Å². The number of nitrogen functional groups attached to an aromatic ring is 1. The van der Waals surface area contributed by atoms with Crippen molar-refractivity contribution in [1.82, 2.24) is 9.78 Å². The Morgan fingerprint density at radius 3 is 3.00 bits per heavy atom. The fourth-order valence-corrected chi connectivity index (χ4v) is 1.74. The summed E-state index contributed by atoms with van der Waals surface area (Å²) >= 11 is 5.84. The molecule has 4 nitrogen and oxygen atoms in total. The van der Waals surface area contributed by atoms with E-state index >= 15 is 0 Å². The van der Waals surface area contributed by atoms with E-state index in [1.54, 1.807) is 16.9 Å². The summed E-state index contributed by atoms with van der Waals surface area (Å²) in [5.41, 5.74) is 7.54. The highest BCUT2D eigenvalue weighted by atomic mass is 35.5. The fraction of sp³-hybridized carbons (Fsp3) is 0.250. The number of aromatic nitrogens is 2. The molecule has 17 heavy (non-hydrogen) atoms. The lowest BCUT2D eigenvalue weighted by Gasteiger charge is -2.06. The summed E-state index contributed by atoms with van der Waals surface area (Å²) in [6.07, 6.45) is 3.53. The van der Waals surface area contributed by atoms with Crippen LogP contribution in [-0.4, -0.2) is 16.4 Å². The van der Waals surface area contributed by atoms with E-state index in [-0.39, 0.29) is 0 Å². The zero-order valence-corrected chi connectivity index (χ0v) is 10.3. The van der Waals surface area contributed by atoms with Crippen LogP contribution in [0.5, 0.6) is 5.75 Å². The maximum atomic E-state index is 5.88. The predicted octanol–water partition coefficient (Wildman–Crippen LogP) is 2.57. The van der Waals surface area contributed by atoms with E-state index in [1.165, 1.54) is 0 Å². The molecule has 2 rings (SSSR count). The number of hydrogen-bond acceptors (Lipinski definition) is 3. The van der Waals surface area contributed by atoms with Gasteiger partial charge in [0.1, 0.15) is 0 Å². The van der Waals surface area contributed by atoms with Gasteiger partial charge in [-0.25, -0.2) is 0 Å². The summed E-state index contributed by atoms with van der Waals surface area (Å²) in [6.45, 7) is 3.18. The highest BCUT2D eigenvalue weighted by Gasteiger charge is 2.03. The molecule has 0 aliphatic rings. The lowest BCUT2D eigenvalue weighted by atomic mass is 10.2. The van der Waals surface area contributed by atoms with Crippen LogP contribution in [0.4, 0.5) is 5.69 Å². The normalized spacial score (nSPS) is 10.5. The summed E-state index contributed by atoms with van der Waals surface area (Å²) < 4.78 is 7.12. The SMILES string of the molecule is CCOc1cnn(Cc2ccc(Cl)cc2N)c1. The molecule has 5 heteroatoms. The van der Waals surface area contributed by atoms with Gasteiger partial charge in [-0.15, -0.1) is 0 Å². The van der Waals surface area contributed by atoms with Crippen molar-refractivity contribution in [3.63, 3.8) is 0 Å². The second-order valence-electron chi connectivity index (χ2n) is 3.65. The van der Waals surface area contributed by atoms with Crippen molar-refractivity contribution in [2.45, 2.75) is 13.5 Å². The zero-order valence-electron chi connectivity index (χ0n) is 9.56. The van der Waals surface area contributed by atoms with Gasteiger partial charge in [-0.3, -0.25) is 4.68 Å². The van der Waals surface area contributed by atoms with Gasteiger partial charge in [-0.05, 0) is 24.6 Å². The molecule has 0 fully saturated rings. The van der Waals surface area contributed by atoms with Gasteiger partial charge in [-0.1, -0.05) is 17.7 Å². The quantitative estimate of drug-likeness (QED) is 0.850. The number of anilines is 1. The molecule has 0 spiro atoms. The number of benzene rings is 1. The molecule has 2 aromatic rings. The molecule has 0 aliphatic carbocycles. The molecular weight excluding hydrogens is 238 g/mol. The summed E-state index contributed by atoms with van der Waals surface area (Å²) in [4.78, 5) is 0. The van der Waals surface area contributed by atoms with Crippen LogP contribution in [0.2, 0.25) is 5.02 Å². The molecular formula is C12H14ClN3O. The molecule has 0 saturated carbocycles. The molecule has 0 atom stereocenters. The minimum Gasteiger partial charge on any atom is -0.491 e. The first-order valence-electron chi connectivity index (χ1n) is 5.38. The fourth-order valence-electron chi connectivity index (χ4n) is 1.56. The third kappa shape index (κ3) is 2.91. The molecule has 0 saturated heterocycles. The Bertz CT molecular complexity index is 510. The van der Waals surface area contributed by atoms with Gasteiger partial charge in [0.15, 0.2) is 5.75 Å². The third-order valence-corrected chi connectivity index (χ3v) is 2.60. The standard InChI is InChI=1S/C12H14ClN3O/c1-2-17-11-6-15-16(8-11)7-9-3-4-10(13)5-12(9)14/h3-6,8H,2,7,14H2,1H3. The van der Waals surface area contributed by atoms with Crippen molar-refractivity contribution in [1.29, 1.82) is 0 Å². The number of halogens is 1. The van der Waals surface area contributed by atoms with Crippen LogP contribution < -0.4 is 10.5 Å². The van der Waals surface area contributed by atoms with Crippen molar-refractivity contribution in [3.05, 3.63) is 41.2 Å². The summed E-state index contributed by atoms with van der Waals surface area (Å²) in [5.74, 6) is 0.764. The zero-order chi connectivity index (χ0) is 12.3. The van der Waals surface area contributed by atoms with Gasteiger partial charge in [0.25, 0.3) is 0 Å². The third-order valence-electron chi connectivity index (χ3n) is 2.36. The smallest absolute Gasteiger partial charge is 0.157 e. The maximum absolute atomic E-state index is 5.88. The van der Waals surface area contributed by atoms with Crippen molar-refractivity contribution >= 4 is 17.3 Å². The van der Waals surface area contributed by atoms with Crippen LogP contribution in [0.3, 0.4) is 0 Å². The number of nitrogens with zero attached hydrogens (tertiary/aromatic N) is 2. The highest BCUT2D eigenvalue weighted by Crippen LogP contribution is 2.19. The van der Waals surface area contributed by atoms with Crippen LogP contribution in [0.1, 0.15) is 12.5 Å². The Morgan fingerprint density at radius 2 is 2.29 bits per heavy atom. The Morgan fingerprint density at radius 1 is 1.47 bits per heavy atom. The number of rotatable bonds is 4. The maximum Gasteiger partial charge on any atom is 0.157 e. The van der Waals surface area contributed by atoms with E-state index in [4.69, 9.17) is 22.1 Å². The average Bonchev–Trinajstić information content (AvgIpc) is 2.71. The number of nitrogens with two attached hydrogens (primary N) is 1.